The molecule has 2 N–H and O–H groups in total. The molecule has 33 heavy (non-hydrogen) atoms. The van der Waals surface area contributed by atoms with Crippen LogP contribution in [0.15, 0.2) is 59.7 Å². The number of phenols is 2. The van der Waals surface area contributed by atoms with E-state index in [4.69, 9.17) is 24.0 Å². The van der Waals surface area contributed by atoms with Crippen LogP contribution in [0, 0.1) is 0 Å². The highest BCUT2D eigenvalue weighted by Crippen LogP contribution is 2.51. The van der Waals surface area contributed by atoms with Crippen LogP contribution in [-0.2, 0) is 0 Å². The quantitative estimate of drug-likeness (QED) is 0.599. The number of benzene rings is 3. The van der Waals surface area contributed by atoms with Crippen LogP contribution in [-0.4, -0.2) is 42.3 Å². The van der Waals surface area contributed by atoms with Gasteiger partial charge in [0.15, 0.2) is 23.0 Å². The molecule has 5 rings (SSSR count). The summed E-state index contributed by atoms with van der Waals surface area (Å²) in [6, 6.07) is 15.8. The van der Waals surface area contributed by atoms with Crippen molar-refractivity contribution in [2.75, 3.05) is 21.3 Å². The number of ether oxygens (including phenoxy) is 4. The first-order valence-corrected chi connectivity index (χ1v) is 10.5. The second-order valence-corrected chi connectivity index (χ2v) is 7.81. The van der Waals surface area contributed by atoms with E-state index in [2.05, 4.69) is 0 Å². The second-order valence-electron chi connectivity index (χ2n) is 7.81. The summed E-state index contributed by atoms with van der Waals surface area (Å²) in [6.45, 7) is 0. The summed E-state index contributed by atoms with van der Waals surface area (Å²) >= 11 is 0. The van der Waals surface area contributed by atoms with E-state index < -0.39 is 6.23 Å². The molecular weight excluding hydrogens is 424 g/mol. The maximum absolute atomic E-state index is 10.5. The second kappa shape index (κ2) is 8.12. The maximum atomic E-state index is 10.5. The number of hydrogen-bond acceptors (Lipinski definition) is 8. The van der Waals surface area contributed by atoms with Gasteiger partial charge in [-0.25, -0.2) is 5.01 Å². The average Bonchev–Trinajstić information content (AvgIpc) is 3.29. The molecule has 0 radical (unpaired) electrons. The predicted octanol–water partition coefficient (Wildman–Crippen LogP) is 4.37. The molecule has 3 aromatic rings. The van der Waals surface area contributed by atoms with E-state index in [1.54, 1.807) is 50.6 Å². The number of fused-ring (bicyclic) bond motifs is 3. The lowest BCUT2D eigenvalue weighted by molar-refractivity contribution is -0.0210. The highest BCUT2D eigenvalue weighted by Gasteiger charge is 2.42. The fourth-order valence-corrected chi connectivity index (χ4v) is 4.35. The number of nitrogens with zero attached hydrogens (tertiary/aromatic N) is 2. The molecule has 0 amide bonds. The zero-order valence-corrected chi connectivity index (χ0v) is 18.5. The molecule has 2 aliphatic heterocycles. The molecule has 8 nitrogen and oxygen atoms in total. The topological polar surface area (TPSA) is 93.0 Å². The van der Waals surface area contributed by atoms with E-state index in [0.717, 1.165) is 11.1 Å². The number of hydrogen-bond donors (Lipinski definition) is 2. The summed E-state index contributed by atoms with van der Waals surface area (Å²) < 4.78 is 22.6. The van der Waals surface area contributed by atoms with E-state index in [1.807, 2.05) is 23.2 Å². The normalized spacial score (nSPS) is 18.6. The minimum Gasteiger partial charge on any atom is -0.507 e. The first kappa shape index (κ1) is 20.8. The Labute approximate surface area is 191 Å². The van der Waals surface area contributed by atoms with Gasteiger partial charge >= 0.3 is 0 Å². The Morgan fingerprint density at radius 1 is 0.909 bits per heavy atom. The minimum absolute atomic E-state index is 0.0403. The van der Waals surface area contributed by atoms with E-state index in [1.165, 1.54) is 7.11 Å². The van der Waals surface area contributed by atoms with Crippen LogP contribution in [0.3, 0.4) is 0 Å². The Bertz CT molecular complexity index is 1240. The lowest BCUT2D eigenvalue weighted by atomic mass is 9.95. The lowest BCUT2D eigenvalue weighted by Gasteiger charge is -2.38. The van der Waals surface area contributed by atoms with E-state index in [0.29, 0.717) is 40.7 Å². The number of aromatic hydroxyl groups is 2. The molecule has 2 aliphatic rings. The van der Waals surface area contributed by atoms with E-state index in [9.17, 15) is 10.2 Å². The third-order valence-electron chi connectivity index (χ3n) is 6.00. The van der Waals surface area contributed by atoms with Crippen LogP contribution in [0.4, 0.5) is 0 Å². The largest absolute Gasteiger partial charge is 0.507 e. The monoisotopic (exact) mass is 448 g/mol. The Kier molecular flexibility index (Phi) is 5.12. The smallest absolute Gasteiger partial charge is 0.214 e. The molecule has 2 heterocycles. The van der Waals surface area contributed by atoms with Crippen LogP contribution in [0.5, 0.6) is 34.5 Å². The number of phenolic OH excluding ortho intramolecular Hbond substituents is 2. The molecule has 0 bridgehead atoms. The van der Waals surface area contributed by atoms with Gasteiger partial charge in [0.05, 0.1) is 33.1 Å². The fraction of sp³-hybridized carbons (Fsp3) is 0.240. The van der Waals surface area contributed by atoms with Crippen LogP contribution < -0.4 is 18.9 Å². The Morgan fingerprint density at radius 3 is 2.45 bits per heavy atom. The maximum Gasteiger partial charge on any atom is 0.214 e. The number of para-hydroxylation sites is 1. The van der Waals surface area contributed by atoms with Crippen LogP contribution in [0.2, 0.25) is 0 Å². The van der Waals surface area contributed by atoms with Gasteiger partial charge in [-0.15, -0.1) is 0 Å². The summed E-state index contributed by atoms with van der Waals surface area (Å²) in [7, 11) is 4.69. The highest BCUT2D eigenvalue weighted by atomic mass is 16.5. The highest BCUT2D eigenvalue weighted by molar-refractivity contribution is 6.04. The van der Waals surface area contributed by atoms with Gasteiger partial charge in [0.25, 0.3) is 0 Å². The SMILES string of the molecule is COc1ccc(O)c(C2=NN3[C@H](C2)c2cccc(OC)c2O[C@@H]3c2ccc(O)c(OC)c2)c1. The summed E-state index contributed by atoms with van der Waals surface area (Å²) in [6.07, 6.45) is -0.0470. The van der Waals surface area contributed by atoms with Gasteiger partial charge < -0.3 is 29.2 Å². The van der Waals surface area contributed by atoms with Crippen molar-refractivity contribution in [3.05, 3.63) is 71.3 Å². The fourth-order valence-electron chi connectivity index (χ4n) is 4.35. The first-order chi connectivity index (χ1) is 16.0. The van der Waals surface area contributed by atoms with E-state index >= 15 is 0 Å². The van der Waals surface area contributed by atoms with Crippen molar-refractivity contribution in [3.8, 4) is 34.5 Å². The molecule has 0 saturated carbocycles. The van der Waals surface area contributed by atoms with Crippen molar-refractivity contribution in [1.82, 2.24) is 5.01 Å². The Balaban J connectivity index is 1.64. The van der Waals surface area contributed by atoms with Crippen molar-refractivity contribution in [3.63, 3.8) is 0 Å². The van der Waals surface area contributed by atoms with Crippen LogP contribution >= 0.6 is 0 Å². The zero-order valence-electron chi connectivity index (χ0n) is 18.5. The van der Waals surface area contributed by atoms with Gasteiger partial charge in [0.1, 0.15) is 11.5 Å². The Morgan fingerprint density at radius 2 is 1.70 bits per heavy atom. The number of methoxy groups -OCH3 is 3. The molecule has 0 aromatic heterocycles. The van der Waals surface area contributed by atoms with Crippen molar-refractivity contribution < 1.29 is 29.2 Å². The first-order valence-electron chi connectivity index (χ1n) is 10.5. The molecule has 8 heteroatoms. The van der Waals surface area contributed by atoms with Gasteiger partial charge in [-0.1, -0.05) is 12.1 Å². The molecule has 3 aromatic carbocycles. The van der Waals surface area contributed by atoms with Crippen LogP contribution in [0.1, 0.15) is 35.4 Å². The molecule has 0 fully saturated rings. The standard InChI is InChI=1S/C25H24N2O6/c1-30-15-8-10-20(28)17(12-15)18-13-19-16-5-4-6-22(31-2)24(16)33-25(27(19)26-18)14-7-9-21(29)23(11-14)32-3/h4-12,19,25,28-29H,13H2,1-3H3/t19-,25-/m1/s1. The summed E-state index contributed by atoms with van der Waals surface area (Å²) in [4.78, 5) is 0. The summed E-state index contributed by atoms with van der Waals surface area (Å²) in [5.41, 5.74) is 3.02. The van der Waals surface area contributed by atoms with Gasteiger partial charge in [0, 0.05) is 23.1 Å². The number of rotatable bonds is 5. The van der Waals surface area contributed by atoms with Crippen molar-refractivity contribution in [2.24, 2.45) is 5.10 Å². The number of hydrazone groups is 1. The lowest BCUT2D eigenvalue weighted by Crippen LogP contribution is -2.33. The minimum atomic E-state index is -0.599. The van der Waals surface area contributed by atoms with Crippen molar-refractivity contribution >= 4 is 5.71 Å². The van der Waals surface area contributed by atoms with E-state index in [-0.39, 0.29) is 17.5 Å². The zero-order chi connectivity index (χ0) is 23.1. The van der Waals surface area contributed by atoms with Gasteiger partial charge in [-0.05, 0) is 42.5 Å². The molecule has 0 saturated heterocycles. The van der Waals surface area contributed by atoms with Crippen molar-refractivity contribution in [1.29, 1.82) is 0 Å². The third-order valence-corrected chi connectivity index (χ3v) is 6.00. The molecule has 0 unspecified atom stereocenters. The summed E-state index contributed by atoms with van der Waals surface area (Å²) in [5.74, 6) is 2.41. The molecule has 2 atom stereocenters. The van der Waals surface area contributed by atoms with Crippen LogP contribution in [0.25, 0.3) is 0 Å². The third kappa shape index (κ3) is 3.44. The molecule has 0 spiro atoms. The van der Waals surface area contributed by atoms with Gasteiger partial charge in [0.2, 0.25) is 6.23 Å². The van der Waals surface area contributed by atoms with Gasteiger partial charge in [-0.2, -0.15) is 5.10 Å². The predicted molar refractivity (Wildman–Crippen MR) is 121 cm³/mol. The molecule has 0 aliphatic carbocycles. The summed E-state index contributed by atoms with van der Waals surface area (Å²) in [5, 5.41) is 27.3. The van der Waals surface area contributed by atoms with Crippen molar-refractivity contribution in [2.45, 2.75) is 18.7 Å². The Hall–Kier alpha value is -4.07. The van der Waals surface area contributed by atoms with Gasteiger partial charge in [-0.3, -0.25) is 0 Å². The average molecular weight is 448 g/mol. The molecular formula is C25H24N2O6. The molecule has 170 valence electrons.